The number of hydrogen-bond acceptors (Lipinski definition) is 5. The summed E-state index contributed by atoms with van der Waals surface area (Å²) in [4.78, 5) is 12.6. The van der Waals surface area contributed by atoms with Crippen molar-refractivity contribution in [3.05, 3.63) is 53.6 Å². The number of anilines is 1. The van der Waals surface area contributed by atoms with Gasteiger partial charge >= 0.3 is 0 Å². The van der Waals surface area contributed by atoms with Crippen LogP contribution in [0.15, 0.2) is 42.5 Å². The van der Waals surface area contributed by atoms with Crippen LogP contribution in [-0.2, 0) is 0 Å². The fourth-order valence-electron chi connectivity index (χ4n) is 2.73. The Morgan fingerprint density at radius 1 is 1.15 bits per heavy atom. The Morgan fingerprint density at radius 2 is 1.96 bits per heavy atom. The number of carbonyl (C=O) groups is 1. The molecule has 1 fully saturated rings. The standard InChI is InChI=1S/C20H23NO3S2/c1-3-24-18-13-14(8-9-17(18)23-2)19(22)21-16-7-4-6-15(12-16)20-25-10-5-11-26-20/h4,6-9,12-13,20H,3,5,10-11H2,1-2H3,(H,21,22). The van der Waals surface area contributed by atoms with Crippen molar-refractivity contribution in [1.29, 1.82) is 0 Å². The molecule has 0 unspecified atom stereocenters. The first-order chi connectivity index (χ1) is 12.7. The van der Waals surface area contributed by atoms with E-state index < -0.39 is 0 Å². The summed E-state index contributed by atoms with van der Waals surface area (Å²) < 4.78 is 11.3. The van der Waals surface area contributed by atoms with Gasteiger partial charge in [0.15, 0.2) is 11.5 Å². The van der Waals surface area contributed by atoms with Gasteiger partial charge < -0.3 is 14.8 Å². The van der Waals surface area contributed by atoms with E-state index in [0.29, 0.717) is 28.3 Å². The number of hydrogen-bond donors (Lipinski definition) is 1. The molecule has 1 aliphatic heterocycles. The van der Waals surface area contributed by atoms with Crippen LogP contribution in [0.3, 0.4) is 0 Å². The largest absolute Gasteiger partial charge is 0.493 e. The molecule has 1 amide bonds. The predicted molar refractivity (Wildman–Crippen MR) is 111 cm³/mol. The molecule has 1 N–H and O–H groups in total. The van der Waals surface area contributed by atoms with E-state index in [2.05, 4.69) is 17.4 Å². The van der Waals surface area contributed by atoms with Crippen molar-refractivity contribution in [1.82, 2.24) is 0 Å². The monoisotopic (exact) mass is 389 g/mol. The highest BCUT2D eigenvalue weighted by Crippen LogP contribution is 2.44. The van der Waals surface area contributed by atoms with E-state index in [9.17, 15) is 4.79 Å². The van der Waals surface area contributed by atoms with E-state index in [4.69, 9.17) is 9.47 Å². The number of thioether (sulfide) groups is 2. The first-order valence-corrected chi connectivity index (χ1v) is 10.8. The highest BCUT2D eigenvalue weighted by atomic mass is 32.2. The molecular weight excluding hydrogens is 366 g/mol. The molecule has 1 saturated heterocycles. The molecule has 1 aliphatic rings. The van der Waals surface area contributed by atoms with E-state index in [0.717, 1.165) is 5.69 Å². The van der Waals surface area contributed by atoms with Gasteiger partial charge in [-0.15, -0.1) is 23.5 Å². The fourth-order valence-corrected chi connectivity index (χ4v) is 5.61. The smallest absolute Gasteiger partial charge is 0.255 e. The zero-order valence-electron chi connectivity index (χ0n) is 15.0. The Morgan fingerprint density at radius 3 is 2.69 bits per heavy atom. The van der Waals surface area contributed by atoms with Gasteiger partial charge in [0.2, 0.25) is 0 Å². The van der Waals surface area contributed by atoms with Crippen molar-refractivity contribution in [2.45, 2.75) is 17.9 Å². The molecule has 4 nitrogen and oxygen atoms in total. The van der Waals surface area contributed by atoms with E-state index in [1.165, 1.54) is 23.5 Å². The van der Waals surface area contributed by atoms with Gasteiger partial charge in [-0.05, 0) is 60.7 Å². The normalized spacial score (nSPS) is 14.7. The first kappa shape index (κ1) is 19.0. The summed E-state index contributed by atoms with van der Waals surface area (Å²) in [5, 5.41) is 2.99. The van der Waals surface area contributed by atoms with Crippen LogP contribution in [0.1, 0.15) is 33.8 Å². The lowest BCUT2D eigenvalue weighted by Crippen LogP contribution is -2.12. The number of methoxy groups -OCH3 is 1. The second-order valence-corrected chi connectivity index (χ2v) is 8.53. The zero-order chi connectivity index (χ0) is 18.4. The second-order valence-electron chi connectivity index (χ2n) is 5.81. The quantitative estimate of drug-likeness (QED) is 0.734. The number of benzene rings is 2. The van der Waals surface area contributed by atoms with Gasteiger partial charge in [-0.25, -0.2) is 0 Å². The maximum Gasteiger partial charge on any atom is 0.255 e. The van der Waals surface area contributed by atoms with Crippen LogP contribution in [0, 0.1) is 0 Å². The highest BCUT2D eigenvalue weighted by molar-refractivity contribution is 8.16. The number of nitrogens with one attached hydrogen (secondary N) is 1. The molecule has 1 heterocycles. The molecule has 6 heteroatoms. The molecule has 138 valence electrons. The molecule has 0 aliphatic carbocycles. The average molecular weight is 390 g/mol. The summed E-state index contributed by atoms with van der Waals surface area (Å²) >= 11 is 3.94. The molecule has 0 atom stereocenters. The van der Waals surface area contributed by atoms with Crippen molar-refractivity contribution in [3.8, 4) is 11.5 Å². The number of rotatable bonds is 6. The predicted octanol–water partition coefficient (Wildman–Crippen LogP) is 5.21. The second kappa shape index (κ2) is 9.24. The maximum absolute atomic E-state index is 12.6. The fraction of sp³-hybridized carbons (Fsp3) is 0.350. The summed E-state index contributed by atoms with van der Waals surface area (Å²) in [6.07, 6.45) is 1.27. The molecule has 0 saturated carbocycles. The van der Waals surface area contributed by atoms with Crippen molar-refractivity contribution in [2.24, 2.45) is 0 Å². The van der Waals surface area contributed by atoms with Crippen LogP contribution in [0.25, 0.3) is 0 Å². The molecule has 0 bridgehead atoms. The number of amides is 1. The maximum atomic E-state index is 12.6. The summed E-state index contributed by atoms with van der Waals surface area (Å²) in [7, 11) is 1.59. The molecule has 2 aromatic carbocycles. The topological polar surface area (TPSA) is 47.6 Å². The third-order valence-electron chi connectivity index (χ3n) is 3.97. The summed E-state index contributed by atoms with van der Waals surface area (Å²) in [5.41, 5.74) is 2.61. The minimum Gasteiger partial charge on any atom is -0.493 e. The number of ether oxygens (including phenoxy) is 2. The molecule has 3 rings (SSSR count). The van der Waals surface area contributed by atoms with E-state index in [1.54, 1.807) is 25.3 Å². The average Bonchev–Trinajstić information content (AvgIpc) is 2.69. The van der Waals surface area contributed by atoms with Gasteiger partial charge in [-0.3, -0.25) is 4.79 Å². The van der Waals surface area contributed by atoms with Crippen molar-refractivity contribution in [2.75, 3.05) is 30.5 Å². The van der Waals surface area contributed by atoms with Crippen LogP contribution < -0.4 is 14.8 Å². The molecule has 0 radical (unpaired) electrons. The van der Waals surface area contributed by atoms with E-state index >= 15 is 0 Å². The van der Waals surface area contributed by atoms with Crippen LogP contribution in [0.4, 0.5) is 5.69 Å². The Balaban J connectivity index is 1.74. The van der Waals surface area contributed by atoms with E-state index in [1.807, 2.05) is 42.6 Å². The Labute approximate surface area is 163 Å². The highest BCUT2D eigenvalue weighted by Gasteiger charge is 2.17. The van der Waals surface area contributed by atoms with Gasteiger partial charge in [0.25, 0.3) is 5.91 Å². The van der Waals surface area contributed by atoms with Crippen molar-refractivity contribution < 1.29 is 14.3 Å². The third kappa shape index (κ3) is 4.68. The van der Waals surface area contributed by atoms with Crippen LogP contribution in [0.5, 0.6) is 11.5 Å². The minimum atomic E-state index is -0.158. The van der Waals surface area contributed by atoms with Crippen molar-refractivity contribution in [3.63, 3.8) is 0 Å². The zero-order valence-corrected chi connectivity index (χ0v) is 16.6. The van der Waals surface area contributed by atoms with Crippen LogP contribution >= 0.6 is 23.5 Å². The first-order valence-electron chi connectivity index (χ1n) is 8.66. The lowest BCUT2D eigenvalue weighted by atomic mass is 10.1. The Bertz CT molecular complexity index is 760. The lowest BCUT2D eigenvalue weighted by Gasteiger charge is -2.21. The van der Waals surface area contributed by atoms with Gasteiger partial charge in [-0.2, -0.15) is 0 Å². The summed E-state index contributed by atoms with van der Waals surface area (Å²) in [6, 6.07) is 13.3. The molecule has 2 aromatic rings. The third-order valence-corrected chi connectivity index (χ3v) is 6.98. The molecular formula is C20H23NO3S2. The Hall–Kier alpha value is -1.79. The van der Waals surface area contributed by atoms with Gasteiger partial charge in [0, 0.05) is 11.3 Å². The summed E-state index contributed by atoms with van der Waals surface area (Å²) in [6.45, 7) is 2.42. The minimum absolute atomic E-state index is 0.158. The van der Waals surface area contributed by atoms with E-state index in [-0.39, 0.29) is 5.91 Å². The van der Waals surface area contributed by atoms with Gasteiger partial charge in [0.05, 0.1) is 18.3 Å². The van der Waals surface area contributed by atoms with Crippen LogP contribution in [0.2, 0.25) is 0 Å². The van der Waals surface area contributed by atoms with Gasteiger partial charge in [-0.1, -0.05) is 12.1 Å². The van der Waals surface area contributed by atoms with Crippen LogP contribution in [-0.4, -0.2) is 31.1 Å². The lowest BCUT2D eigenvalue weighted by molar-refractivity contribution is 0.102. The summed E-state index contributed by atoms with van der Waals surface area (Å²) in [5.74, 6) is 3.43. The molecule has 0 spiro atoms. The Kier molecular flexibility index (Phi) is 6.74. The molecule has 26 heavy (non-hydrogen) atoms. The van der Waals surface area contributed by atoms with Crippen molar-refractivity contribution >= 4 is 35.1 Å². The molecule has 0 aromatic heterocycles. The SMILES string of the molecule is CCOc1cc(C(=O)Nc2cccc(C3SCCCS3)c2)ccc1OC. The van der Waals surface area contributed by atoms with Gasteiger partial charge in [0.1, 0.15) is 0 Å². The number of carbonyl (C=O) groups excluding carboxylic acids is 1.